The van der Waals surface area contributed by atoms with Gasteiger partial charge in [0, 0.05) is 35.5 Å². The third-order valence-electron chi connectivity index (χ3n) is 5.66. The highest BCUT2D eigenvalue weighted by Crippen LogP contribution is 2.47. The van der Waals surface area contributed by atoms with Crippen molar-refractivity contribution < 1.29 is 4.79 Å². The van der Waals surface area contributed by atoms with Crippen LogP contribution in [0.1, 0.15) is 23.5 Å². The summed E-state index contributed by atoms with van der Waals surface area (Å²) >= 11 is 0. The molecule has 3 heterocycles. The van der Waals surface area contributed by atoms with Gasteiger partial charge in [-0.15, -0.1) is 0 Å². The number of nitrogens with zero attached hydrogens (tertiary/aromatic N) is 3. The summed E-state index contributed by atoms with van der Waals surface area (Å²) in [6.45, 7) is 2.05. The summed E-state index contributed by atoms with van der Waals surface area (Å²) in [5, 5.41) is 4.62. The molecule has 1 aromatic carbocycles. The van der Waals surface area contributed by atoms with Crippen LogP contribution < -0.4 is 11.1 Å². The lowest BCUT2D eigenvalue weighted by molar-refractivity contribution is -0.117. The van der Waals surface area contributed by atoms with Crippen LogP contribution in [0.3, 0.4) is 0 Å². The number of aromatic nitrogens is 3. The number of nitrogens with one attached hydrogen (secondary N) is 1. The number of fused-ring (bicyclic) bond motifs is 1. The highest BCUT2D eigenvalue weighted by molar-refractivity contribution is 5.98. The Morgan fingerprint density at radius 3 is 2.80 bits per heavy atom. The minimum Gasteiger partial charge on any atom is -0.383 e. The fourth-order valence-electron chi connectivity index (χ4n) is 3.91. The zero-order chi connectivity index (χ0) is 20.7. The Kier molecular flexibility index (Phi) is 4.39. The van der Waals surface area contributed by atoms with Gasteiger partial charge in [0.1, 0.15) is 11.6 Å². The first-order valence-corrected chi connectivity index (χ1v) is 9.93. The molecule has 6 heteroatoms. The molecule has 0 aliphatic heterocycles. The number of amides is 1. The number of aryl methyl sites for hydroxylation is 1. The van der Waals surface area contributed by atoms with E-state index < -0.39 is 0 Å². The van der Waals surface area contributed by atoms with E-state index in [0.717, 1.165) is 39.6 Å². The third kappa shape index (κ3) is 3.37. The molecular weight excluding hydrogens is 374 g/mol. The molecule has 2 atom stereocenters. The largest absolute Gasteiger partial charge is 0.383 e. The first-order valence-electron chi connectivity index (χ1n) is 9.93. The van der Waals surface area contributed by atoms with E-state index in [0.29, 0.717) is 11.6 Å². The van der Waals surface area contributed by atoms with Gasteiger partial charge in [-0.3, -0.25) is 9.78 Å². The van der Waals surface area contributed by atoms with Crippen LogP contribution in [0.2, 0.25) is 0 Å². The second-order valence-corrected chi connectivity index (χ2v) is 7.72. The fourth-order valence-corrected chi connectivity index (χ4v) is 3.91. The van der Waals surface area contributed by atoms with Crippen molar-refractivity contribution in [1.82, 2.24) is 15.0 Å². The average molecular weight is 395 g/mol. The molecule has 6 nitrogen and oxygen atoms in total. The number of nitrogens with two attached hydrogens (primary N) is 1. The Labute approximate surface area is 174 Å². The number of rotatable bonds is 4. The van der Waals surface area contributed by atoms with E-state index >= 15 is 0 Å². The topological polar surface area (TPSA) is 93.8 Å². The lowest BCUT2D eigenvalue weighted by Gasteiger charge is -2.10. The molecule has 5 rings (SSSR count). The van der Waals surface area contributed by atoms with Gasteiger partial charge in [-0.1, -0.05) is 30.3 Å². The predicted octanol–water partition coefficient (Wildman–Crippen LogP) is 4.32. The molecule has 30 heavy (non-hydrogen) atoms. The highest BCUT2D eigenvalue weighted by atomic mass is 16.2. The molecule has 0 bridgehead atoms. The van der Waals surface area contributed by atoms with E-state index in [1.54, 1.807) is 12.4 Å². The Bertz CT molecular complexity index is 1260. The number of carbonyl (C=O) groups is 1. The van der Waals surface area contributed by atoms with Crippen molar-refractivity contribution in [2.24, 2.45) is 5.92 Å². The standard InChI is InChI=1S/C24H21N5O/c1-14-5-2-3-7-17(14)21-9-16-10-22(27-13-20(16)23(25)28-21)29-24(30)19-11-18(19)15-6-4-8-26-12-15/h2-10,12-13,18-19H,11H2,1H3,(H2,25,28)(H,27,29,30)/t18-,19+/m1/s1. The SMILES string of the molecule is Cc1ccccc1-c1cc2cc(NC(=O)[C@H]3C[C@@H]3c3cccnc3)ncc2c(N)n1. The van der Waals surface area contributed by atoms with Gasteiger partial charge in [0.2, 0.25) is 5.91 Å². The molecule has 3 aromatic heterocycles. The monoisotopic (exact) mass is 395 g/mol. The summed E-state index contributed by atoms with van der Waals surface area (Å²) in [7, 11) is 0. The Morgan fingerprint density at radius 1 is 1.13 bits per heavy atom. The van der Waals surface area contributed by atoms with Crippen LogP contribution >= 0.6 is 0 Å². The first-order chi connectivity index (χ1) is 14.6. The number of benzene rings is 1. The molecule has 1 fully saturated rings. The normalized spacial score (nSPS) is 17.6. The van der Waals surface area contributed by atoms with Gasteiger partial charge in [-0.2, -0.15) is 0 Å². The van der Waals surface area contributed by atoms with Crippen molar-refractivity contribution in [2.75, 3.05) is 11.1 Å². The third-order valence-corrected chi connectivity index (χ3v) is 5.66. The fraction of sp³-hybridized carbons (Fsp3) is 0.167. The smallest absolute Gasteiger partial charge is 0.229 e. The molecule has 0 saturated heterocycles. The number of anilines is 2. The van der Waals surface area contributed by atoms with Crippen molar-refractivity contribution in [3.05, 3.63) is 78.2 Å². The number of nitrogen functional groups attached to an aromatic ring is 1. The van der Waals surface area contributed by atoms with E-state index in [1.807, 2.05) is 61.7 Å². The van der Waals surface area contributed by atoms with Crippen LogP contribution in [0.5, 0.6) is 0 Å². The summed E-state index contributed by atoms with van der Waals surface area (Å²) in [5.74, 6) is 1.11. The van der Waals surface area contributed by atoms with Crippen molar-refractivity contribution >= 4 is 28.3 Å². The van der Waals surface area contributed by atoms with E-state index in [-0.39, 0.29) is 17.7 Å². The van der Waals surface area contributed by atoms with Crippen molar-refractivity contribution in [1.29, 1.82) is 0 Å². The van der Waals surface area contributed by atoms with Crippen molar-refractivity contribution in [3.63, 3.8) is 0 Å². The minimum atomic E-state index is -0.0447. The molecule has 1 aliphatic carbocycles. The zero-order valence-electron chi connectivity index (χ0n) is 16.5. The minimum absolute atomic E-state index is 0.0168. The number of carbonyl (C=O) groups excluding carboxylic acids is 1. The zero-order valence-corrected chi connectivity index (χ0v) is 16.5. The van der Waals surface area contributed by atoms with Crippen LogP contribution in [0, 0.1) is 12.8 Å². The Hall–Kier alpha value is -3.80. The van der Waals surface area contributed by atoms with Crippen LogP contribution in [0.4, 0.5) is 11.6 Å². The van der Waals surface area contributed by atoms with Gasteiger partial charge in [-0.05, 0) is 54.0 Å². The van der Waals surface area contributed by atoms with Gasteiger partial charge < -0.3 is 11.1 Å². The maximum atomic E-state index is 12.7. The van der Waals surface area contributed by atoms with E-state index in [4.69, 9.17) is 5.73 Å². The number of hydrogen-bond donors (Lipinski definition) is 2. The quantitative estimate of drug-likeness (QED) is 0.537. The van der Waals surface area contributed by atoms with Gasteiger partial charge in [0.25, 0.3) is 0 Å². The van der Waals surface area contributed by atoms with Crippen molar-refractivity contribution in [3.8, 4) is 11.3 Å². The first kappa shape index (κ1) is 18.2. The summed E-state index contributed by atoms with van der Waals surface area (Å²) < 4.78 is 0. The van der Waals surface area contributed by atoms with Gasteiger partial charge in [0.05, 0.1) is 5.69 Å². The Balaban J connectivity index is 1.41. The molecule has 148 valence electrons. The summed E-state index contributed by atoms with van der Waals surface area (Å²) in [4.78, 5) is 25.8. The second-order valence-electron chi connectivity index (χ2n) is 7.72. The van der Waals surface area contributed by atoms with Gasteiger partial charge in [-0.25, -0.2) is 9.97 Å². The Morgan fingerprint density at radius 2 is 2.00 bits per heavy atom. The lowest BCUT2D eigenvalue weighted by atomic mass is 10.0. The molecule has 0 radical (unpaired) electrons. The average Bonchev–Trinajstić information content (AvgIpc) is 3.56. The summed E-state index contributed by atoms with van der Waals surface area (Å²) in [6.07, 6.45) is 6.07. The number of pyridine rings is 3. The summed E-state index contributed by atoms with van der Waals surface area (Å²) in [6, 6.07) is 15.8. The highest BCUT2D eigenvalue weighted by Gasteiger charge is 2.44. The van der Waals surface area contributed by atoms with Crippen LogP contribution in [0.25, 0.3) is 22.0 Å². The maximum absolute atomic E-state index is 12.7. The molecule has 4 aromatic rings. The molecule has 1 aliphatic rings. The lowest BCUT2D eigenvalue weighted by Crippen LogP contribution is -2.15. The molecule has 1 saturated carbocycles. The van der Waals surface area contributed by atoms with Crippen LogP contribution in [0.15, 0.2) is 67.1 Å². The maximum Gasteiger partial charge on any atom is 0.229 e. The van der Waals surface area contributed by atoms with Crippen molar-refractivity contribution in [2.45, 2.75) is 19.3 Å². The second kappa shape index (κ2) is 7.22. The van der Waals surface area contributed by atoms with Gasteiger partial charge >= 0.3 is 0 Å². The molecule has 0 unspecified atom stereocenters. The van der Waals surface area contributed by atoms with E-state index in [2.05, 4.69) is 20.3 Å². The molecule has 1 amide bonds. The number of hydrogen-bond acceptors (Lipinski definition) is 5. The molecule has 0 spiro atoms. The van der Waals surface area contributed by atoms with Crippen LogP contribution in [-0.2, 0) is 4.79 Å². The molecule has 3 N–H and O–H groups in total. The van der Waals surface area contributed by atoms with Gasteiger partial charge in [0.15, 0.2) is 0 Å². The van der Waals surface area contributed by atoms with E-state index in [9.17, 15) is 4.79 Å². The molecular formula is C24H21N5O. The predicted molar refractivity (Wildman–Crippen MR) is 118 cm³/mol. The van der Waals surface area contributed by atoms with Crippen LogP contribution in [-0.4, -0.2) is 20.9 Å². The summed E-state index contributed by atoms with van der Waals surface area (Å²) in [5.41, 5.74) is 10.3. The van der Waals surface area contributed by atoms with E-state index in [1.165, 1.54) is 0 Å².